The van der Waals surface area contributed by atoms with Gasteiger partial charge in [-0.1, -0.05) is 23.7 Å². The van der Waals surface area contributed by atoms with E-state index in [0.29, 0.717) is 21.8 Å². The maximum Gasteiger partial charge on any atom is 0.268 e. The van der Waals surface area contributed by atoms with Gasteiger partial charge in [-0.25, -0.2) is 4.90 Å². The smallest absolute Gasteiger partial charge is 0.268 e. The zero-order valence-electron chi connectivity index (χ0n) is 16.3. The average molecular weight is 438 g/mol. The van der Waals surface area contributed by atoms with Crippen LogP contribution < -0.4 is 9.80 Å². The Morgan fingerprint density at radius 2 is 1.73 bits per heavy atom. The summed E-state index contributed by atoms with van der Waals surface area (Å²) in [5.74, 6) is -0.580. The Labute approximate surface area is 184 Å². The maximum atomic E-state index is 13.3. The second-order valence-corrected chi connectivity index (χ2v) is 8.74. The first-order valence-electron chi connectivity index (χ1n) is 9.87. The molecule has 3 heterocycles. The lowest BCUT2D eigenvalue weighted by Crippen LogP contribution is -2.46. The van der Waals surface area contributed by atoms with Crippen LogP contribution in [0, 0.1) is 0 Å². The summed E-state index contributed by atoms with van der Waals surface area (Å²) in [5.41, 5.74) is 3.63. The molecule has 2 amide bonds. The lowest BCUT2D eigenvalue weighted by molar-refractivity contribution is 0.0926. The first-order chi connectivity index (χ1) is 14.6. The SMILES string of the molecule is O=C1c2cccc(N3CCN(Cc4ccsc4)CC3)c2C(=O)N1c1cccc(Cl)c1. The van der Waals surface area contributed by atoms with Crippen LogP contribution in [0.3, 0.4) is 0 Å². The largest absolute Gasteiger partial charge is 0.368 e. The molecule has 0 N–H and O–H groups in total. The molecule has 30 heavy (non-hydrogen) atoms. The van der Waals surface area contributed by atoms with E-state index >= 15 is 0 Å². The van der Waals surface area contributed by atoms with E-state index in [4.69, 9.17) is 11.6 Å². The van der Waals surface area contributed by atoms with Crippen molar-refractivity contribution in [2.75, 3.05) is 36.0 Å². The number of thiophene rings is 1. The standard InChI is InChI=1S/C23H20ClN3O2S/c24-17-3-1-4-18(13-17)27-22(28)19-5-2-6-20(21(19)23(27)29)26-10-8-25(9-11-26)14-16-7-12-30-15-16/h1-7,12-13,15H,8-11,14H2. The highest BCUT2D eigenvalue weighted by Crippen LogP contribution is 2.35. The van der Waals surface area contributed by atoms with Gasteiger partial charge in [0.05, 0.1) is 22.5 Å². The second-order valence-electron chi connectivity index (χ2n) is 7.52. The summed E-state index contributed by atoms with van der Waals surface area (Å²) >= 11 is 7.81. The van der Waals surface area contributed by atoms with E-state index in [1.807, 2.05) is 12.1 Å². The van der Waals surface area contributed by atoms with Crippen LogP contribution in [0.15, 0.2) is 59.3 Å². The Hall–Kier alpha value is -2.67. The molecule has 0 bridgehead atoms. The van der Waals surface area contributed by atoms with Crippen LogP contribution in [0.1, 0.15) is 26.3 Å². The summed E-state index contributed by atoms with van der Waals surface area (Å²) in [7, 11) is 0. The average Bonchev–Trinajstić information content (AvgIpc) is 3.35. The number of anilines is 2. The number of halogens is 1. The molecular weight excluding hydrogens is 418 g/mol. The third-order valence-corrected chi connectivity index (χ3v) is 6.63. The van der Waals surface area contributed by atoms with Crippen LogP contribution in [0.5, 0.6) is 0 Å². The van der Waals surface area contributed by atoms with Gasteiger partial charge in [-0.2, -0.15) is 11.3 Å². The van der Waals surface area contributed by atoms with Crippen molar-refractivity contribution >= 4 is 46.1 Å². The van der Waals surface area contributed by atoms with Crippen molar-refractivity contribution in [1.29, 1.82) is 0 Å². The zero-order valence-corrected chi connectivity index (χ0v) is 17.8. The van der Waals surface area contributed by atoms with E-state index in [1.54, 1.807) is 41.7 Å². The van der Waals surface area contributed by atoms with Crippen molar-refractivity contribution in [2.45, 2.75) is 6.54 Å². The minimum absolute atomic E-state index is 0.284. The van der Waals surface area contributed by atoms with Crippen LogP contribution in [-0.4, -0.2) is 42.9 Å². The number of benzene rings is 2. The number of carbonyl (C=O) groups is 2. The lowest BCUT2D eigenvalue weighted by Gasteiger charge is -2.36. The van der Waals surface area contributed by atoms with E-state index in [2.05, 4.69) is 26.6 Å². The molecule has 1 aromatic heterocycles. The molecule has 5 nitrogen and oxygen atoms in total. The third-order valence-electron chi connectivity index (χ3n) is 5.66. The minimum atomic E-state index is -0.296. The summed E-state index contributed by atoms with van der Waals surface area (Å²) in [6.07, 6.45) is 0. The molecular formula is C23H20ClN3O2S. The van der Waals surface area contributed by atoms with Gasteiger partial charge in [-0.3, -0.25) is 14.5 Å². The number of nitrogens with zero attached hydrogens (tertiary/aromatic N) is 3. The van der Waals surface area contributed by atoms with Gasteiger partial charge in [0.1, 0.15) is 0 Å². The van der Waals surface area contributed by atoms with Gasteiger partial charge in [-0.05, 0) is 52.7 Å². The van der Waals surface area contributed by atoms with Crippen molar-refractivity contribution in [3.05, 3.63) is 81.0 Å². The predicted octanol–water partition coefficient (Wildman–Crippen LogP) is 4.52. The van der Waals surface area contributed by atoms with Crippen LogP contribution in [0.25, 0.3) is 0 Å². The summed E-state index contributed by atoms with van der Waals surface area (Å²) in [4.78, 5) is 32.2. The Bertz CT molecular complexity index is 1110. The molecule has 0 saturated carbocycles. The van der Waals surface area contributed by atoms with Crippen molar-refractivity contribution in [3.63, 3.8) is 0 Å². The fraction of sp³-hybridized carbons (Fsp3) is 0.217. The van der Waals surface area contributed by atoms with Gasteiger partial charge >= 0.3 is 0 Å². The number of piperazine rings is 1. The molecule has 0 atom stereocenters. The Balaban J connectivity index is 1.39. The number of carbonyl (C=O) groups excluding carboxylic acids is 2. The molecule has 0 aliphatic carbocycles. The Kier molecular flexibility index (Phi) is 5.06. The predicted molar refractivity (Wildman–Crippen MR) is 121 cm³/mol. The number of hydrogen-bond acceptors (Lipinski definition) is 5. The first-order valence-corrected chi connectivity index (χ1v) is 11.2. The second kappa shape index (κ2) is 7.87. The van der Waals surface area contributed by atoms with Crippen LogP contribution in [-0.2, 0) is 6.54 Å². The fourth-order valence-electron chi connectivity index (χ4n) is 4.17. The molecule has 0 unspecified atom stereocenters. The van der Waals surface area contributed by atoms with Crippen molar-refractivity contribution in [1.82, 2.24) is 4.90 Å². The topological polar surface area (TPSA) is 43.9 Å². The van der Waals surface area contributed by atoms with Crippen LogP contribution >= 0.6 is 22.9 Å². The van der Waals surface area contributed by atoms with E-state index in [9.17, 15) is 9.59 Å². The van der Waals surface area contributed by atoms with E-state index < -0.39 is 0 Å². The first kappa shape index (κ1) is 19.3. The molecule has 7 heteroatoms. The van der Waals surface area contributed by atoms with Gasteiger partial charge in [0.15, 0.2) is 0 Å². The zero-order chi connectivity index (χ0) is 20.7. The Morgan fingerprint density at radius 1 is 0.933 bits per heavy atom. The highest BCUT2D eigenvalue weighted by molar-refractivity contribution is 7.07. The summed E-state index contributed by atoms with van der Waals surface area (Å²) < 4.78 is 0. The fourth-order valence-corrected chi connectivity index (χ4v) is 5.01. The van der Waals surface area contributed by atoms with Gasteiger partial charge in [-0.15, -0.1) is 0 Å². The lowest BCUT2D eigenvalue weighted by atomic mass is 10.1. The molecule has 3 aromatic rings. The number of rotatable bonds is 4. The van der Waals surface area contributed by atoms with Crippen molar-refractivity contribution in [2.24, 2.45) is 0 Å². The highest BCUT2D eigenvalue weighted by Gasteiger charge is 2.39. The van der Waals surface area contributed by atoms with E-state index in [-0.39, 0.29) is 11.8 Å². The minimum Gasteiger partial charge on any atom is -0.368 e. The van der Waals surface area contributed by atoms with Gasteiger partial charge < -0.3 is 4.90 Å². The molecule has 5 rings (SSSR count). The van der Waals surface area contributed by atoms with Crippen molar-refractivity contribution in [3.8, 4) is 0 Å². The monoisotopic (exact) mass is 437 g/mol. The van der Waals surface area contributed by atoms with Gasteiger partial charge in [0.2, 0.25) is 0 Å². The van der Waals surface area contributed by atoms with Crippen molar-refractivity contribution < 1.29 is 9.59 Å². The highest BCUT2D eigenvalue weighted by atomic mass is 35.5. The number of amides is 2. The van der Waals surface area contributed by atoms with E-state index in [1.165, 1.54) is 10.5 Å². The normalized spacial score (nSPS) is 17.0. The maximum absolute atomic E-state index is 13.3. The Morgan fingerprint density at radius 3 is 2.47 bits per heavy atom. The molecule has 1 saturated heterocycles. The van der Waals surface area contributed by atoms with Gasteiger partial charge in [0, 0.05) is 37.7 Å². The number of fused-ring (bicyclic) bond motifs is 1. The quantitative estimate of drug-likeness (QED) is 0.563. The molecule has 2 aliphatic heterocycles. The molecule has 152 valence electrons. The summed E-state index contributed by atoms with van der Waals surface area (Å²) in [6.45, 7) is 4.42. The number of hydrogen-bond donors (Lipinski definition) is 0. The molecule has 0 radical (unpaired) electrons. The van der Waals surface area contributed by atoms with Crippen LogP contribution in [0.2, 0.25) is 5.02 Å². The third kappa shape index (κ3) is 3.41. The van der Waals surface area contributed by atoms with Gasteiger partial charge in [0.25, 0.3) is 11.8 Å². The molecule has 2 aromatic carbocycles. The van der Waals surface area contributed by atoms with Crippen LogP contribution in [0.4, 0.5) is 11.4 Å². The summed E-state index contributed by atoms with van der Waals surface area (Å²) in [6, 6.07) is 14.5. The molecule has 0 spiro atoms. The van der Waals surface area contributed by atoms with E-state index in [0.717, 1.165) is 38.4 Å². The number of imide groups is 1. The summed E-state index contributed by atoms with van der Waals surface area (Å²) in [5, 5.41) is 4.78. The molecule has 2 aliphatic rings. The molecule has 1 fully saturated rings.